The average molecular weight is 286 g/mol. The first kappa shape index (κ1) is 14.2. The number of nitrogens with zero attached hydrogens (tertiary/aromatic N) is 2. The topological polar surface area (TPSA) is 97.6 Å². The molecule has 1 atom stereocenters. The van der Waals surface area contributed by atoms with Gasteiger partial charge in [0.2, 0.25) is 0 Å². The zero-order valence-electron chi connectivity index (χ0n) is 10.7. The Morgan fingerprint density at radius 2 is 2.37 bits per heavy atom. The van der Waals surface area contributed by atoms with Crippen molar-refractivity contribution in [1.29, 1.82) is 0 Å². The number of nitrogens with two attached hydrogens (primary N) is 1. The van der Waals surface area contributed by atoms with E-state index in [1.165, 1.54) is 10.5 Å². The normalized spacial score (nSPS) is 21.9. The number of hydrogen-bond acceptors (Lipinski definition) is 6. The highest BCUT2D eigenvalue weighted by Gasteiger charge is 2.30. The molecule has 1 saturated heterocycles. The number of ether oxygens (including phenoxy) is 1. The highest BCUT2D eigenvalue weighted by Crippen LogP contribution is 2.22. The maximum absolute atomic E-state index is 12.6. The third-order valence-electron chi connectivity index (χ3n) is 2.93. The zero-order valence-corrected chi connectivity index (χ0v) is 11.6. The molecule has 0 aromatic carbocycles. The molecular formula is C11H18N4O3S. The second-order valence-corrected chi connectivity index (χ2v) is 6.25. The second-order valence-electron chi connectivity index (χ2n) is 4.40. The molecule has 0 bridgehead atoms. The van der Waals surface area contributed by atoms with E-state index in [9.17, 15) is 8.42 Å². The van der Waals surface area contributed by atoms with Crippen molar-refractivity contribution in [3.63, 3.8) is 0 Å². The maximum Gasteiger partial charge on any atom is 0.262 e. The van der Waals surface area contributed by atoms with Crippen LogP contribution in [0.5, 0.6) is 0 Å². The zero-order chi connectivity index (χ0) is 13.9. The summed E-state index contributed by atoms with van der Waals surface area (Å²) in [5.74, 6) is 5.34. The van der Waals surface area contributed by atoms with Crippen molar-refractivity contribution in [1.82, 2.24) is 9.29 Å². The summed E-state index contributed by atoms with van der Waals surface area (Å²) in [6.45, 7) is 3.17. The van der Waals surface area contributed by atoms with Crippen LogP contribution in [0, 0.1) is 0 Å². The molecule has 0 amide bonds. The number of nitrogens with one attached hydrogen (secondary N) is 1. The van der Waals surface area contributed by atoms with E-state index in [1.54, 1.807) is 12.1 Å². The summed E-state index contributed by atoms with van der Waals surface area (Å²) in [5.41, 5.74) is 2.66. The molecule has 19 heavy (non-hydrogen) atoms. The Labute approximate surface area is 112 Å². The number of hydrazine groups is 1. The van der Waals surface area contributed by atoms with Gasteiger partial charge in [-0.15, -0.1) is 0 Å². The van der Waals surface area contributed by atoms with Crippen LogP contribution in [0.15, 0.2) is 23.4 Å². The summed E-state index contributed by atoms with van der Waals surface area (Å²) in [6, 6.07) is 3.21. The predicted molar refractivity (Wildman–Crippen MR) is 70.8 cm³/mol. The summed E-state index contributed by atoms with van der Waals surface area (Å²) < 4.78 is 32.0. The van der Waals surface area contributed by atoms with E-state index in [-0.39, 0.29) is 11.1 Å². The molecule has 1 aliphatic heterocycles. The largest absolute Gasteiger partial charge is 0.377 e. The van der Waals surface area contributed by atoms with E-state index in [4.69, 9.17) is 10.6 Å². The molecule has 0 saturated carbocycles. The molecule has 0 radical (unpaired) electrons. The molecule has 0 spiro atoms. The van der Waals surface area contributed by atoms with Gasteiger partial charge >= 0.3 is 0 Å². The van der Waals surface area contributed by atoms with Crippen LogP contribution in [0.1, 0.15) is 13.3 Å². The van der Waals surface area contributed by atoms with Crippen molar-refractivity contribution < 1.29 is 13.2 Å². The number of hydrogen-bond donors (Lipinski definition) is 2. The summed E-state index contributed by atoms with van der Waals surface area (Å²) in [5, 5.41) is -0.0494. The standard InChI is InChI=1S/C11H18N4O3S/c1-9-8-15(6-3-7-18-9)19(16,17)11-10(14-12)4-2-5-13-11/h2,4-5,9,14H,3,6-8,12H2,1H3. The van der Waals surface area contributed by atoms with Gasteiger partial charge in [-0.25, -0.2) is 13.4 Å². The van der Waals surface area contributed by atoms with E-state index in [2.05, 4.69) is 10.4 Å². The Morgan fingerprint density at radius 3 is 3.11 bits per heavy atom. The minimum atomic E-state index is -3.66. The lowest BCUT2D eigenvalue weighted by atomic mass is 10.4. The van der Waals surface area contributed by atoms with E-state index in [0.29, 0.717) is 31.8 Å². The Hall–Kier alpha value is -1.22. The van der Waals surface area contributed by atoms with Gasteiger partial charge < -0.3 is 10.2 Å². The SMILES string of the molecule is CC1CN(S(=O)(=O)c2ncccc2NN)CCCO1. The Bertz CT molecular complexity index is 534. The monoisotopic (exact) mass is 286 g/mol. The lowest BCUT2D eigenvalue weighted by Crippen LogP contribution is -2.36. The van der Waals surface area contributed by atoms with Crippen molar-refractivity contribution in [3.05, 3.63) is 18.3 Å². The Balaban J connectivity index is 2.35. The average Bonchev–Trinajstić information content (AvgIpc) is 2.64. The summed E-state index contributed by atoms with van der Waals surface area (Å²) in [6.07, 6.45) is 1.98. The van der Waals surface area contributed by atoms with Crippen LogP contribution in [0.4, 0.5) is 5.69 Å². The quantitative estimate of drug-likeness (QED) is 0.607. The second kappa shape index (κ2) is 5.83. The first-order chi connectivity index (χ1) is 9.05. The highest BCUT2D eigenvalue weighted by atomic mass is 32.2. The van der Waals surface area contributed by atoms with Crippen molar-refractivity contribution >= 4 is 15.7 Å². The van der Waals surface area contributed by atoms with Gasteiger partial charge in [0.15, 0.2) is 5.03 Å². The molecule has 1 aromatic rings. The molecule has 8 heteroatoms. The van der Waals surface area contributed by atoms with Gasteiger partial charge in [-0.2, -0.15) is 4.31 Å². The van der Waals surface area contributed by atoms with Gasteiger partial charge in [-0.1, -0.05) is 0 Å². The fourth-order valence-electron chi connectivity index (χ4n) is 2.00. The fourth-order valence-corrected chi connectivity index (χ4v) is 3.62. The Morgan fingerprint density at radius 1 is 1.58 bits per heavy atom. The number of nitrogen functional groups attached to an aromatic ring is 1. The third kappa shape index (κ3) is 3.03. The Kier molecular flexibility index (Phi) is 4.35. The molecule has 106 valence electrons. The highest BCUT2D eigenvalue weighted by molar-refractivity contribution is 7.89. The molecule has 1 unspecified atom stereocenters. The van der Waals surface area contributed by atoms with Gasteiger partial charge in [0, 0.05) is 25.9 Å². The number of anilines is 1. The minimum Gasteiger partial charge on any atom is -0.377 e. The molecule has 1 aromatic heterocycles. The molecule has 7 nitrogen and oxygen atoms in total. The first-order valence-electron chi connectivity index (χ1n) is 6.09. The molecule has 3 N–H and O–H groups in total. The molecule has 1 aliphatic rings. The van der Waals surface area contributed by atoms with Crippen molar-refractivity contribution in [2.24, 2.45) is 5.84 Å². The molecule has 2 rings (SSSR count). The minimum absolute atomic E-state index is 0.0494. The molecule has 2 heterocycles. The molecule has 0 aliphatic carbocycles. The van der Waals surface area contributed by atoms with Gasteiger partial charge in [-0.05, 0) is 25.5 Å². The number of sulfonamides is 1. The van der Waals surface area contributed by atoms with E-state index in [1.807, 2.05) is 6.92 Å². The van der Waals surface area contributed by atoms with Crippen molar-refractivity contribution in [2.45, 2.75) is 24.5 Å². The smallest absolute Gasteiger partial charge is 0.262 e. The van der Waals surface area contributed by atoms with Crippen LogP contribution in [0.2, 0.25) is 0 Å². The van der Waals surface area contributed by atoms with E-state index < -0.39 is 10.0 Å². The summed E-state index contributed by atoms with van der Waals surface area (Å²) >= 11 is 0. The van der Waals surface area contributed by atoms with E-state index >= 15 is 0 Å². The van der Waals surface area contributed by atoms with Crippen LogP contribution in [-0.4, -0.2) is 43.5 Å². The van der Waals surface area contributed by atoms with Crippen LogP contribution < -0.4 is 11.3 Å². The lowest BCUT2D eigenvalue weighted by molar-refractivity contribution is 0.0752. The van der Waals surface area contributed by atoms with E-state index in [0.717, 1.165) is 0 Å². The van der Waals surface area contributed by atoms with Crippen LogP contribution in [0.3, 0.4) is 0 Å². The van der Waals surface area contributed by atoms with Gasteiger partial charge in [-0.3, -0.25) is 5.84 Å². The van der Waals surface area contributed by atoms with Crippen LogP contribution >= 0.6 is 0 Å². The number of rotatable bonds is 3. The fraction of sp³-hybridized carbons (Fsp3) is 0.545. The van der Waals surface area contributed by atoms with Crippen molar-refractivity contribution in [2.75, 3.05) is 25.1 Å². The lowest BCUT2D eigenvalue weighted by Gasteiger charge is -2.22. The number of pyridine rings is 1. The van der Waals surface area contributed by atoms with Crippen LogP contribution in [-0.2, 0) is 14.8 Å². The third-order valence-corrected chi connectivity index (χ3v) is 4.75. The van der Waals surface area contributed by atoms with Gasteiger partial charge in [0.25, 0.3) is 10.0 Å². The molecule has 1 fully saturated rings. The van der Waals surface area contributed by atoms with Gasteiger partial charge in [0.05, 0.1) is 11.8 Å². The number of aromatic nitrogens is 1. The van der Waals surface area contributed by atoms with Gasteiger partial charge in [0.1, 0.15) is 0 Å². The van der Waals surface area contributed by atoms with Crippen molar-refractivity contribution in [3.8, 4) is 0 Å². The summed E-state index contributed by atoms with van der Waals surface area (Å²) in [7, 11) is -3.66. The summed E-state index contributed by atoms with van der Waals surface area (Å²) in [4.78, 5) is 3.94. The first-order valence-corrected chi connectivity index (χ1v) is 7.53. The molecular weight excluding hydrogens is 268 g/mol. The maximum atomic E-state index is 12.6. The predicted octanol–water partition coefficient (Wildman–Crippen LogP) is 0.167. The van der Waals surface area contributed by atoms with Crippen LogP contribution in [0.25, 0.3) is 0 Å².